The van der Waals surface area contributed by atoms with Gasteiger partial charge in [-0.15, -0.1) is 10.2 Å². The average molecular weight is 281 g/mol. The van der Waals surface area contributed by atoms with Crippen molar-refractivity contribution in [2.75, 3.05) is 5.43 Å². The van der Waals surface area contributed by atoms with Crippen molar-refractivity contribution in [1.82, 2.24) is 10.2 Å². The molecule has 0 unspecified atom stereocenters. The molecule has 3 N–H and O–H groups in total. The average Bonchev–Trinajstić information content (AvgIpc) is 2.85. The number of nitrogens with zero attached hydrogens (tertiary/aromatic N) is 3. The summed E-state index contributed by atoms with van der Waals surface area (Å²) in [5, 5.41) is 19.4. The molecule has 2 aromatic rings. The number of aryl methyl sites for hydroxylation is 1. The summed E-state index contributed by atoms with van der Waals surface area (Å²) in [6.45, 7) is 1.99. The predicted molar refractivity (Wildman–Crippen MR) is 69.9 cm³/mol. The van der Waals surface area contributed by atoms with Crippen molar-refractivity contribution in [3.63, 3.8) is 0 Å². The first kappa shape index (κ1) is 13.2. The molecule has 0 saturated heterocycles. The number of nitro groups is 1. The van der Waals surface area contributed by atoms with Gasteiger partial charge in [0.05, 0.1) is 11.0 Å². The molecule has 0 saturated carbocycles. The lowest BCUT2D eigenvalue weighted by molar-refractivity contribution is -0.385. The van der Waals surface area contributed by atoms with E-state index < -0.39 is 4.92 Å². The molecule has 0 fully saturated rings. The molecule has 1 heterocycles. The molecule has 100 valence electrons. The van der Waals surface area contributed by atoms with Gasteiger partial charge in [0.2, 0.25) is 5.13 Å². The summed E-state index contributed by atoms with van der Waals surface area (Å²) in [6, 6.07) is 4.46. The fraction of sp³-hybridized carbons (Fsp3) is 0.200. The number of non-ortho nitro benzene ring substituents is 1. The fourth-order valence-corrected chi connectivity index (χ4v) is 1.93. The van der Waals surface area contributed by atoms with Gasteiger partial charge in [-0.2, -0.15) is 0 Å². The second-order valence-electron chi connectivity index (χ2n) is 3.64. The van der Waals surface area contributed by atoms with Crippen LogP contribution in [0.3, 0.4) is 0 Å². The number of rotatable bonds is 5. The first-order valence-electron chi connectivity index (χ1n) is 5.27. The Bertz CT molecular complexity index is 601. The van der Waals surface area contributed by atoms with Crippen LogP contribution in [0, 0.1) is 17.0 Å². The van der Waals surface area contributed by atoms with Crippen LogP contribution in [0.15, 0.2) is 18.2 Å². The van der Waals surface area contributed by atoms with Gasteiger partial charge in [-0.3, -0.25) is 15.5 Å². The zero-order chi connectivity index (χ0) is 13.8. The molecular formula is C10H11N5O3S. The van der Waals surface area contributed by atoms with Crippen molar-refractivity contribution in [1.29, 1.82) is 0 Å². The Hall–Kier alpha value is -2.26. The van der Waals surface area contributed by atoms with E-state index in [9.17, 15) is 10.1 Å². The van der Waals surface area contributed by atoms with E-state index in [4.69, 9.17) is 10.6 Å². The summed E-state index contributed by atoms with van der Waals surface area (Å²) >= 11 is 1.25. The number of hydrogen-bond acceptors (Lipinski definition) is 8. The standard InChI is InChI=1S/C10H11N5O3S/c1-6-2-3-7(15(16)17)4-8(6)18-5-9-13-14-10(12-11)19-9/h2-4H,5,11H2,1H3,(H,12,14). The molecule has 19 heavy (non-hydrogen) atoms. The van der Waals surface area contributed by atoms with Gasteiger partial charge in [0.25, 0.3) is 5.69 Å². The van der Waals surface area contributed by atoms with Crippen molar-refractivity contribution in [2.45, 2.75) is 13.5 Å². The SMILES string of the molecule is Cc1ccc([N+](=O)[O-])cc1OCc1nnc(NN)s1. The Kier molecular flexibility index (Phi) is 3.88. The summed E-state index contributed by atoms with van der Waals surface area (Å²) in [7, 11) is 0. The molecule has 0 atom stereocenters. The number of aromatic nitrogens is 2. The van der Waals surface area contributed by atoms with Crippen molar-refractivity contribution >= 4 is 22.2 Å². The van der Waals surface area contributed by atoms with Gasteiger partial charge in [0.15, 0.2) is 5.01 Å². The summed E-state index contributed by atoms with van der Waals surface area (Å²) in [5.41, 5.74) is 3.18. The van der Waals surface area contributed by atoms with E-state index in [0.717, 1.165) is 5.56 Å². The van der Waals surface area contributed by atoms with E-state index in [1.54, 1.807) is 6.07 Å². The lowest BCUT2D eigenvalue weighted by atomic mass is 10.2. The van der Waals surface area contributed by atoms with Gasteiger partial charge < -0.3 is 4.74 Å². The van der Waals surface area contributed by atoms with E-state index in [1.807, 2.05) is 6.92 Å². The molecule has 2 rings (SSSR count). The number of ether oxygens (including phenoxy) is 1. The minimum Gasteiger partial charge on any atom is -0.486 e. The molecule has 9 heteroatoms. The number of hydrazine groups is 1. The lowest BCUT2D eigenvalue weighted by Gasteiger charge is -2.06. The smallest absolute Gasteiger partial charge is 0.273 e. The summed E-state index contributed by atoms with van der Waals surface area (Å²) in [5.74, 6) is 5.64. The highest BCUT2D eigenvalue weighted by molar-refractivity contribution is 7.15. The Labute approximate surface area is 112 Å². The quantitative estimate of drug-likeness (QED) is 0.486. The number of nitro benzene ring substituents is 1. The van der Waals surface area contributed by atoms with Gasteiger partial charge in [0.1, 0.15) is 12.4 Å². The third kappa shape index (κ3) is 3.14. The van der Waals surface area contributed by atoms with Crippen LogP contribution in [0.25, 0.3) is 0 Å². The van der Waals surface area contributed by atoms with Crippen molar-refractivity contribution in [2.24, 2.45) is 5.84 Å². The zero-order valence-corrected chi connectivity index (χ0v) is 10.8. The maximum Gasteiger partial charge on any atom is 0.273 e. The van der Waals surface area contributed by atoms with Crippen LogP contribution in [-0.4, -0.2) is 15.1 Å². The van der Waals surface area contributed by atoms with Crippen LogP contribution in [0.1, 0.15) is 10.6 Å². The maximum atomic E-state index is 10.7. The molecule has 0 aliphatic heterocycles. The molecule has 0 aliphatic carbocycles. The lowest BCUT2D eigenvalue weighted by Crippen LogP contribution is -2.05. The van der Waals surface area contributed by atoms with E-state index in [1.165, 1.54) is 23.5 Å². The normalized spacial score (nSPS) is 10.2. The highest BCUT2D eigenvalue weighted by Crippen LogP contribution is 2.25. The second kappa shape index (κ2) is 5.59. The number of nitrogens with two attached hydrogens (primary N) is 1. The Balaban J connectivity index is 2.10. The van der Waals surface area contributed by atoms with Crippen LogP contribution in [0.5, 0.6) is 5.75 Å². The van der Waals surface area contributed by atoms with E-state index in [-0.39, 0.29) is 12.3 Å². The largest absolute Gasteiger partial charge is 0.486 e. The third-order valence-electron chi connectivity index (χ3n) is 2.32. The molecule has 0 bridgehead atoms. The predicted octanol–water partition coefficient (Wildman–Crippen LogP) is 1.62. The highest BCUT2D eigenvalue weighted by Gasteiger charge is 2.11. The molecule has 0 aliphatic rings. The van der Waals surface area contributed by atoms with Crippen molar-refractivity contribution in [3.05, 3.63) is 38.9 Å². The molecule has 0 spiro atoms. The molecule has 1 aromatic carbocycles. The Morgan fingerprint density at radius 3 is 2.95 bits per heavy atom. The molecule has 1 aromatic heterocycles. The first-order chi connectivity index (χ1) is 9.10. The third-order valence-corrected chi connectivity index (χ3v) is 3.15. The van der Waals surface area contributed by atoms with Gasteiger partial charge in [-0.1, -0.05) is 11.3 Å². The first-order valence-corrected chi connectivity index (χ1v) is 6.08. The van der Waals surface area contributed by atoms with Crippen molar-refractivity contribution in [3.8, 4) is 5.75 Å². The van der Waals surface area contributed by atoms with Crippen molar-refractivity contribution < 1.29 is 9.66 Å². The number of anilines is 1. The Morgan fingerprint density at radius 2 is 2.32 bits per heavy atom. The minimum atomic E-state index is -0.465. The maximum absolute atomic E-state index is 10.7. The summed E-state index contributed by atoms with van der Waals surface area (Å²) in [6.07, 6.45) is 0. The highest BCUT2D eigenvalue weighted by atomic mass is 32.1. The number of nitrogens with one attached hydrogen (secondary N) is 1. The number of hydrogen-bond donors (Lipinski definition) is 2. The van der Waals surface area contributed by atoms with Crippen LogP contribution in [-0.2, 0) is 6.61 Å². The minimum absolute atomic E-state index is 0.0119. The van der Waals surface area contributed by atoms with Gasteiger partial charge in [-0.25, -0.2) is 5.84 Å². The summed E-state index contributed by atoms with van der Waals surface area (Å²) < 4.78 is 5.51. The van der Waals surface area contributed by atoms with E-state index >= 15 is 0 Å². The molecule has 8 nitrogen and oxygen atoms in total. The van der Waals surface area contributed by atoms with Gasteiger partial charge in [-0.05, 0) is 18.6 Å². The second-order valence-corrected chi connectivity index (χ2v) is 4.70. The molecular weight excluding hydrogens is 270 g/mol. The summed E-state index contributed by atoms with van der Waals surface area (Å²) in [4.78, 5) is 10.2. The topological polar surface area (TPSA) is 116 Å². The van der Waals surface area contributed by atoms with Gasteiger partial charge >= 0.3 is 0 Å². The van der Waals surface area contributed by atoms with E-state index in [2.05, 4.69) is 15.6 Å². The van der Waals surface area contributed by atoms with Crippen LogP contribution in [0.4, 0.5) is 10.8 Å². The molecule has 0 radical (unpaired) electrons. The van der Waals surface area contributed by atoms with Crippen LogP contribution < -0.4 is 16.0 Å². The molecule has 0 amide bonds. The zero-order valence-electron chi connectivity index (χ0n) is 9.99. The van der Waals surface area contributed by atoms with Crippen LogP contribution in [0.2, 0.25) is 0 Å². The monoisotopic (exact) mass is 281 g/mol. The van der Waals surface area contributed by atoms with E-state index in [0.29, 0.717) is 15.9 Å². The fourth-order valence-electron chi connectivity index (χ4n) is 1.37. The van der Waals surface area contributed by atoms with Crippen LogP contribution >= 0.6 is 11.3 Å². The number of benzene rings is 1. The number of nitrogen functional groups attached to an aromatic ring is 1. The Morgan fingerprint density at radius 1 is 1.53 bits per heavy atom. The van der Waals surface area contributed by atoms with Gasteiger partial charge in [0, 0.05) is 6.07 Å².